The third-order valence-electron chi connectivity index (χ3n) is 2.97. The predicted octanol–water partition coefficient (Wildman–Crippen LogP) is 1.06. The van der Waals surface area contributed by atoms with E-state index in [9.17, 15) is 0 Å². The number of halogens is 1. The van der Waals surface area contributed by atoms with Gasteiger partial charge in [0.05, 0.1) is 19.4 Å². The van der Waals surface area contributed by atoms with E-state index in [4.69, 9.17) is 4.74 Å². The summed E-state index contributed by atoms with van der Waals surface area (Å²) in [7, 11) is 1.96. The van der Waals surface area contributed by atoms with Gasteiger partial charge in [0.1, 0.15) is 0 Å². The second-order valence-electron chi connectivity index (χ2n) is 4.19. The Hall–Kier alpha value is -0.390. The monoisotopic (exact) mass is 287 g/mol. The molecule has 2 heterocycles. The molecule has 0 saturated carbocycles. The summed E-state index contributed by atoms with van der Waals surface area (Å²) in [6.07, 6.45) is 5.10. The zero-order chi connectivity index (χ0) is 11.4. The maximum absolute atomic E-state index is 5.47. The average Bonchev–Trinajstić information content (AvgIpc) is 2.73. The second-order valence-corrected chi connectivity index (χ2v) is 4.84. The van der Waals surface area contributed by atoms with Crippen molar-refractivity contribution in [2.24, 2.45) is 7.05 Å². The maximum atomic E-state index is 5.47. The number of morpholine rings is 1. The Morgan fingerprint density at radius 3 is 3.19 bits per heavy atom. The van der Waals surface area contributed by atoms with E-state index >= 15 is 0 Å². The lowest BCUT2D eigenvalue weighted by Gasteiger charge is -2.34. The molecule has 1 aliphatic heterocycles. The van der Waals surface area contributed by atoms with Crippen LogP contribution in [0.15, 0.2) is 12.4 Å². The largest absolute Gasteiger partial charge is 0.378 e. The van der Waals surface area contributed by atoms with Crippen LogP contribution in [0, 0.1) is 0 Å². The van der Waals surface area contributed by atoms with Gasteiger partial charge in [0.15, 0.2) is 0 Å². The van der Waals surface area contributed by atoms with Crippen molar-refractivity contribution in [3.8, 4) is 0 Å². The highest BCUT2D eigenvalue weighted by Crippen LogP contribution is 2.10. The van der Waals surface area contributed by atoms with Crippen LogP contribution in [0.5, 0.6) is 0 Å². The number of hydrogen-bond donors (Lipinski definition) is 0. The summed E-state index contributed by atoms with van der Waals surface area (Å²) >= 11 is 3.54. The van der Waals surface area contributed by atoms with Gasteiger partial charge in [-0.25, -0.2) is 0 Å². The molecule has 5 heteroatoms. The minimum absolute atomic E-state index is 0.519. The Labute approximate surface area is 105 Å². The van der Waals surface area contributed by atoms with E-state index in [-0.39, 0.29) is 0 Å². The Morgan fingerprint density at radius 1 is 1.62 bits per heavy atom. The summed E-state index contributed by atoms with van der Waals surface area (Å²) in [5.74, 6) is 0. The van der Waals surface area contributed by atoms with Crippen LogP contribution in [-0.2, 0) is 18.2 Å². The number of rotatable bonds is 4. The lowest BCUT2D eigenvalue weighted by Crippen LogP contribution is -2.47. The van der Waals surface area contributed by atoms with Crippen LogP contribution < -0.4 is 0 Å². The first kappa shape index (κ1) is 12.1. The molecule has 0 aromatic carbocycles. The molecule has 0 aliphatic carbocycles. The topological polar surface area (TPSA) is 30.3 Å². The highest BCUT2D eigenvalue weighted by Gasteiger charge is 2.21. The Kier molecular flexibility index (Phi) is 4.37. The van der Waals surface area contributed by atoms with Crippen LogP contribution in [0.4, 0.5) is 0 Å². The van der Waals surface area contributed by atoms with Crippen molar-refractivity contribution in [3.63, 3.8) is 0 Å². The van der Waals surface area contributed by atoms with E-state index in [2.05, 4.69) is 32.1 Å². The van der Waals surface area contributed by atoms with E-state index < -0.39 is 0 Å². The SMILES string of the molecule is Cn1cc(CCN2CCOCC2CBr)cn1. The molecule has 16 heavy (non-hydrogen) atoms. The van der Waals surface area contributed by atoms with Gasteiger partial charge in [0.2, 0.25) is 0 Å². The number of alkyl halides is 1. The van der Waals surface area contributed by atoms with Crippen molar-refractivity contribution >= 4 is 15.9 Å². The van der Waals surface area contributed by atoms with Crippen LogP contribution >= 0.6 is 15.9 Å². The van der Waals surface area contributed by atoms with Gasteiger partial charge in [-0.3, -0.25) is 9.58 Å². The van der Waals surface area contributed by atoms with Crippen molar-refractivity contribution in [2.45, 2.75) is 12.5 Å². The number of aromatic nitrogens is 2. The smallest absolute Gasteiger partial charge is 0.0630 e. The second kappa shape index (κ2) is 5.80. The number of aryl methyl sites for hydroxylation is 1. The standard InChI is InChI=1S/C11H18BrN3O/c1-14-8-10(7-13-14)2-3-15-4-5-16-9-11(15)6-12/h7-8,11H,2-6,9H2,1H3. The van der Waals surface area contributed by atoms with E-state index in [1.165, 1.54) is 5.56 Å². The summed E-state index contributed by atoms with van der Waals surface area (Å²) in [6.45, 7) is 3.83. The zero-order valence-electron chi connectivity index (χ0n) is 9.60. The molecule has 1 unspecified atom stereocenters. The van der Waals surface area contributed by atoms with Crippen molar-refractivity contribution < 1.29 is 4.74 Å². The Bertz CT molecular complexity index is 329. The molecule has 0 amide bonds. The normalized spacial score (nSPS) is 22.5. The molecule has 1 saturated heterocycles. The quantitative estimate of drug-likeness (QED) is 0.776. The van der Waals surface area contributed by atoms with Gasteiger partial charge in [0.25, 0.3) is 0 Å². The third-order valence-corrected chi connectivity index (χ3v) is 3.72. The number of nitrogens with zero attached hydrogens (tertiary/aromatic N) is 3. The molecule has 4 nitrogen and oxygen atoms in total. The molecular weight excluding hydrogens is 270 g/mol. The molecule has 1 aliphatic rings. The van der Waals surface area contributed by atoms with Gasteiger partial charge in [-0.1, -0.05) is 15.9 Å². The fraction of sp³-hybridized carbons (Fsp3) is 0.727. The van der Waals surface area contributed by atoms with Crippen LogP contribution in [-0.4, -0.2) is 52.4 Å². The van der Waals surface area contributed by atoms with Gasteiger partial charge in [0, 0.05) is 37.7 Å². The van der Waals surface area contributed by atoms with Gasteiger partial charge in [-0.15, -0.1) is 0 Å². The van der Waals surface area contributed by atoms with Crippen molar-refractivity contribution in [1.29, 1.82) is 0 Å². The first-order chi connectivity index (χ1) is 7.79. The molecular formula is C11H18BrN3O. The van der Waals surface area contributed by atoms with Crippen molar-refractivity contribution in [1.82, 2.24) is 14.7 Å². The maximum Gasteiger partial charge on any atom is 0.0630 e. The minimum Gasteiger partial charge on any atom is -0.378 e. The van der Waals surface area contributed by atoms with Crippen molar-refractivity contribution in [2.75, 3.05) is 31.6 Å². The van der Waals surface area contributed by atoms with Gasteiger partial charge in [-0.05, 0) is 12.0 Å². The summed E-state index contributed by atoms with van der Waals surface area (Å²) in [4.78, 5) is 2.49. The first-order valence-electron chi connectivity index (χ1n) is 5.65. The molecule has 1 aromatic heterocycles. The molecule has 0 radical (unpaired) electrons. The van der Waals surface area contributed by atoms with Crippen LogP contribution in [0.2, 0.25) is 0 Å². The van der Waals surface area contributed by atoms with E-state index in [0.29, 0.717) is 6.04 Å². The molecule has 90 valence electrons. The average molecular weight is 288 g/mol. The molecule has 0 N–H and O–H groups in total. The molecule has 0 bridgehead atoms. The summed E-state index contributed by atoms with van der Waals surface area (Å²) < 4.78 is 7.33. The third kappa shape index (κ3) is 3.06. The first-order valence-corrected chi connectivity index (χ1v) is 6.77. The van der Waals surface area contributed by atoms with Gasteiger partial charge < -0.3 is 4.74 Å². The molecule has 2 rings (SSSR count). The molecule has 1 atom stereocenters. The molecule has 1 aromatic rings. The number of hydrogen-bond acceptors (Lipinski definition) is 3. The lowest BCUT2D eigenvalue weighted by molar-refractivity contribution is 0.00258. The predicted molar refractivity (Wildman–Crippen MR) is 66.9 cm³/mol. The summed E-state index contributed by atoms with van der Waals surface area (Å²) in [5.41, 5.74) is 1.31. The summed E-state index contributed by atoms with van der Waals surface area (Å²) in [5, 5.41) is 5.17. The Balaban J connectivity index is 1.84. The molecule has 0 spiro atoms. The lowest BCUT2D eigenvalue weighted by atomic mass is 10.2. The minimum atomic E-state index is 0.519. The summed E-state index contributed by atoms with van der Waals surface area (Å²) in [6, 6.07) is 0.519. The number of ether oxygens (including phenoxy) is 1. The van der Waals surface area contributed by atoms with Crippen LogP contribution in [0.25, 0.3) is 0 Å². The van der Waals surface area contributed by atoms with Gasteiger partial charge in [-0.2, -0.15) is 5.10 Å². The Morgan fingerprint density at radius 2 is 2.50 bits per heavy atom. The van der Waals surface area contributed by atoms with E-state index in [1.807, 2.05) is 17.9 Å². The van der Waals surface area contributed by atoms with Crippen molar-refractivity contribution in [3.05, 3.63) is 18.0 Å². The fourth-order valence-electron chi connectivity index (χ4n) is 2.00. The highest BCUT2D eigenvalue weighted by molar-refractivity contribution is 9.09. The van der Waals surface area contributed by atoms with E-state index in [1.54, 1.807) is 0 Å². The van der Waals surface area contributed by atoms with E-state index in [0.717, 1.165) is 38.1 Å². The molecule has 1 fully saturated rings. The van der Waals surface area contributed by atoms with Gasteiger partial charge >= 0.3 is 0 Å². The zero-order valence-corrected chi connectivity index (χ0v) is 11.2. The fourth-order valence-corrected chi connectivity index (χ4v) is 2.60. The van der Waals surface area contributed by atoms with Crippen LogP contribution in [0.3, 0.4) is 0 Å². The highest BCUT2D eigenvalue weighted by atomic mass is 79.9. The van der Waals surface area contributed by atoms with Crippen LogP contribution in [0.1, 0.15) is 5.56 Å².